The lowest BCUT2D eigenvalue weighted by molar-refractivity contribution is -0.138. The van der Waals surface area contributed by atoms with Crippen LogP contribution in [0.15, 0.2) is 29.4 Å². The van der Waals surface area contributed by atoms with Crippen LogP contribution in [0, 0.1) is 0 Å². The number of imide groups is 1. The number of aromatic nitrogens is 2. The topological polar surface area (TPSA) is 112 Å². The standard InChI is InChI=1S/C17H14N4O4S/c22-15-13(26-17(25)20-15)7-9-3-4-11-10(6-9)14(19-8-18-11)21-5-1-2-12(21)16(23)24/h3-4,6-8,12H,1-2,5H2,(H,23,24)(H,20,22,25)/b13-7+. The van der Waals surface area contributed by atoms with Crippen LogP contribution in [0.25, 0.3) is 17.0 Å². The second-order valence-corrected chi connectivity index (χ2v) is 7.03. The first kappa shape index (κ1) is 16.5. The molecule has 2 amide bonds. The fourth-order valence-electron chi connectivity index (χ4n) is 3.23. The lowest BCUT2D eigenvalue weighted by Gasteiger charge is -2.23. The van der Waals surface area contributed by atoms with Crippen molar-refractivity contribution in [3.8, 4) is 0 Å². The van der Waals surface area contributed by atoms with Crippen molar-refractivity contribution < 1.29 is 19.5 Å². The van der Waals surface area contributed by atoms with Crippen LogP contribution in [-0.4, -0.2) is 44.8 Å². The Morgan fingerprint density at radius 2 is 2.19 bits per heavy atom. The molecule has 0 aliphatic carbocycles. The second kappa shape index (κ2) is 6.41. The van der Waals surface area contributed by atoms with Gasteiger partial charge >= 0.3 is 5.97 Å². The van der Waals surface area contributed by atoms with Gasteiger partial charge in [-0.1, -0.05) is 6.07 Å². The van der Waals surface area contributed by atoms with Crippen LogP contribution < -0.4 is 10.2 Å². The molecule has 2 aliphatic rings. The summed E-state index contributed by atoms with van der Waals surface area (Å²) in [5, 5.41) is 12.0. The smallest absolute Gasteiger partial charge is 0.326 e. The van der Waals surface area contributed by atoms with Gasteiger partial charge in [-0.2, -0.15) is 0 Å². The Bertz CT molecular complexity index is 974. The van der Waals surface area contributed by atoms with E-state index in [1.807, 2.05) is 6.07 Å². The molecule has 9 heteroatoms. The molecule has 1 atom stereocenters. The number of nitrogens with zero attached hydrogens (tertiary/aromatic N) is 3. The summed E-state index contributed by atoms with van der Waals surface area (Å²) in [4.78, 5) is 45.2. The number of hydrogen-bond acceptors (Lipinski definition) is 7. The highest BCUT2D eigenvalue weighted by molar-refractivity contribution is 8.18. The van der Waals surface area contributed by atoms with Crippen molar-refractivity contribution in [2.45, 2.75) is 18.9 Å². The van der Waals surface area contributed by atoms with Crippen LogP contribution in [0.3, 0.4) is 0 Å². The second-order valence-electron chi connectivity index (χ2n) is 6.02. The van der Waals surface area contributed by atoms with Gasteiger partial charge in [0.1, 0.15) is 18.2 Å². The van der Waals surface area contributed by atoms with E-state index in [-0.39, 0.29) is 0 Å². The zero-order valence-corrected chi connectivity index (χ0v) is 14.3. The molecule has 1 aromatic heterocycles. The first-order chi connectivity index (χ1) is 12.5. The summed E-state index contributed by atoms with van der Waals surface area (Å²) < 4.78 is 0. The molecular formula is C17H14N4O4S. The van der Waals surface area contributed by atoms with Crippen LogP contribution in [-0.2, 0) is 9.59 Å². The monoisotopic (exact) mass is 370 g/mol. The highest BCUT2D eigenvalue weighted by Gasteiger charge is 2.32. The van der Waals surface area contributed by atoms with Gasteiger partial charge in [0.2, 0.25) is 0 Å². The number of carboxylic acids is 1. The minimum absolute atomic E-state index is 0.317. The third-order valence-corrected chi connectivity index (χ3v) is 5.20. The number of carbonyl (C=O) groups excluding carboxylic acids is 2. The maximum absolute atomic E-state index is 11.7. The van der Waals surface area contributed by atoms with Gasteiger partial charge in [0.25, 0.3) is 11.1 Å². The summed E-state index contributed by atoms with van der Waals surface area (Å²) in [5.41, 5.74) is 1.40. The van der Waals surface area contributed by atoms with Crippen LogP contribution >= 0.6 is 11.8 Å². The molecule has 2 fully saturated rings. The van der Waals surface area contributed by atoms with Gasteiger partial charge < -0.3 is 10.0 Å². The van der Waals surface area contributed by atoms with Crippen molar-refractivity contribution in [1.29, 1.82) is 0 Å². The van der Waals surface area contributed by atoms with Crippen molar-refractivity contribution in [3.05, 3.63) is 35.0 Å². The minimum atomic E-state index is -0.870. The van der Waals surface area contributed by atoms with Gasteiger partial charge in [0.05, 0.1) is 10.4 Å². The number of anilines is 1. The lowest BCUT2D eigenvalue weighted by atomic mass is 10.1. The van der Waals surface area contributed by atoms with Gasteiger partial charge in [-0.3, -0.25) is 14.9 Å². The van der Waals surface area contributed by atoms with Gasteiger partial charge in [-0.15, -0.1) is 0 Å². The third-order valence-electron chi connectivity index (χ3n) is 4.39. The number of benzene rings is 1. The molecule has 4 rings (SSSR count). The van der Waals surface area contributed by atoms with Gasteiger partial charge in [-0.25, -0.2) is 14.8 Å². The summed E-state index contributed by atoms with van der Waals surface area (Å²) >= 11 is 0.850. The summed E-state index contributed by atoms with van der Waals surface area (Å²) in [6, 6.07) is 4.79. The van der Waals surface area contributed by atoms with E-state index in [4.69, 9.17) is 0 Å². The first-order valence-corrected chi connectivity index (χ1v) is 8.83. The van der Waals surface area contributed by atoms with E-state index in [2.05, 4.69) is 15.3 Å². The number of aliphatic carboxylic acids is 1. The third kappa shape index (κ3) is 2.90. The molecule has 8 nitrogen and oxygen atoms in total. The first-order valence-electron chi connectivity index (χ1n) is 8.02. The Hall–Kier alpha value is -2.94. The molecule has 0 bridgehead atoms. The van der Waals surface area contributed by atoms with Gasteiger partial charge in [0, 0.05) is 11.9 Å². The van der Waals surface area contributed by atoms with Gasteiger partial charge in [0.15, 0.2) is 0 Å². The Kier molecular flexibility index (Phi) is 4.08. The lowest BCUT2D eigenvalue weighted by Crippen LogP contribution is -2.36. The molecule has 2 aliphatic heterocycles. The van der Waals surface area contributed by atoms with E-state index in [9.17, 15) is 19.5 Å². The molecule has 2 N–H and O–H groups in total. The fourth-order valence-corrected chi connectivity index (χ4v) is 3.91. The molecule has 0 radical (unpaired) electrons. The van der Waals surface area contributed by atoms with Crippen molar-refractivity contribution in [1.82, 2.24) is 15.3 Å². The van der Waals surface area contributed by atoms with E-state index in [0.29, 0.717) is 40.2 Å². The molecule has 26 heavy (non-hydrogen) atoms. The maximum Gasteiger partial charge on any atom is 0.326 e. The molecule has 2 saturated heterocycles. The quantitative estimate of drug-likeness (QED) is 0.789. The molecule has 1 unspecified atom stereocenters. The van der Waals surface area contributed by atoms with Crippen molar-refractivity contribution in [3.63, 3.8) is 0 Å². The number of fused-ring (bicyclic) bond motifs is 1. The van der Waals surface area contributed by atoms with E-state index in [1.165, 1.54) is 6.33 Å². The van der Waals surface area contributed by atoms with Crippen LogP contribution in [0.5, 0.6) is 0 Å². The molecule has 1 aromatic carbocycles. The predicted molar refractivity (Wildman–Crippen MR) is 96.6 cm³/mol. The summed E-state index contributed by atoms with van der Waals surface area (Å²) in [5.74, 6) is -0.722. The number of thioether (sulfide) groups is 1. The van der Waals surface area contributed by atoms with Crippen LogP contribution in [0.1, 0.15) is 18.4 Å². The summed E-state index contributed by atoms with van der Waals surface area (Å²) in [6.45, 7) is 0.612. The van der Waals surface area contributed by atoms with E-state index >= 15 is 0 Å². The number of rotatable bonds is 3. The molecule has 132 valence electrons. The Morgan fingerprint density at radius 3 is 2.92 bits per heavy atom. The molecule has 0 spiro atoms. The Labute approximate surface area is 152 Å². The number of carboxylic acid groups (broad SMARTS) is 1. The Balaban J connectivity index is 1.78. The average molecular weight is 370 g/mol. The number of nitrogens with one attached hydrogen (secondary N) is 1. The predicted octanol–water partition coefficient (Wildman–Crippen LogP) is 2.01. The highest BCUT2D eigenvalue weighted by Crippen LogP contribution is 2.32. The van der Waals surface area contributed by atoms with Crippen molar-refractivity contribution in [2.75, 3.05) is 11.4 Å². The molecule has 3 heterocycles. The van der Waals surface area contributed by atoms with Crippen LogP contribution in [0.2, 0.25) is 0 Å². The van der Waals surface area contributed by atoms with Gasteiger partial charge in [-0.05, 0) is 48.4 Å². The zero-order valence-electron chi connectivity index (χ0n) is 13.5. The number of carbonyl (C=O) groups is 3. The zero-order chi connectivity index (χ0) is 18.3. The number of amides is 2. The Morgan fingerprint density at radius 1 is 1.35 bits per heavy atom. The van der Waals surface area contributed by atoms with Crippen LogP contribution in [0.4, 0.5) is 10.6 Å². The van der Waals surface area contributed by atoms with Crippen molar-refractivity contribution >= 4 is 51.7 Å². The van der Waals surface area contributed by atoms with Crippen molar-refractivity contribution in [2.24, 2.45) is 0 Å². The fraction of sp³-hybridized carbons (Fsp3) is 0.235. The minimum Gasteiger partial charge on any atom is -0.480 e. The molecule has 0 saturated carbocycles. The van der Waals surface area contributed by atoms with E-state index in [1.54, 1.807) is 23.1 Å². The van der Waals surface area contributed by atoms with E-state index < -0.39 is 23.2 Å². The summed E-state index contributed by atoms with van der Waals surface area (Å²) in [6.07, 6.45) is 4.40. The maximum atomic E-state index is 11.7. The highest BCUT2D eigenvalue weighted by atomic mass is 32.2. The summed E-state index contributed by atoms with van der Waals surface area (Å²) in [7, 11) is 0. The largest absolute Gasteiger partial charge is 0.480 e. The molecular weight excluding hydrogens is 356 g/mol. The van der Waals surface area contributed by atoms with E-state index in [0.717, 1.165) is 18.2 Å². The normalized spacial score (nSPS) is 21.6. The molecule has 2 aromatic rings. The SMILES string of the molecule is O=C1NC(=O)/C(=C\c2ccc3ncnc(N4CCCC4C(=O)O)c3c2)S1. The average Bonchev–Trinajstić information content (AvgIpc) is 3.21. The number of hydrogen-bond donors (Lipinski definition) is 2.